The van der Waals surface area contributed by atoms with Gasteiger partial charge in [-0.25, -0.2) is 4.39 Å². The summed E-state index contributed by atoms with van der Waals surface area (Å²) >= 11 is 0. The average Bonchev–Trinajstić information content (AvgIpc) is 2.22. The van der Waals surface area contributed by atoms with Crippen molar-refractivity contribution in [1.29, 1.82) is 5.26 Å². The van der Waals surface area contributed by atoms with Crippen molar-refractivity contribution >= 4 is 0 Å². The molecule has 1 aromatic rings. The quantitative estimate of drug-likeness (QED) is 0.732. The Morgan fingerprint density at radius 1 is 1.40 bits per heavy atom. The lowest BCUT2D eigenvalue weighted by atomic mass is 9.85. The molecule has 1 nitrogen and oxygen atoms in total. The zero-order valence-electron chi connectivity index (χ0n) is 9.20. The van der Waals surface area contributed by atoms with Crippen LogP contribution < -0.4 is 0 Å². The highest BCUT2D eigenvalue weighted by atomic mass is 19.1. The minimum absolute atomic E-state index is 0.205. The number of hydrogen-bond acceptors (Lipinski definition) is 1. The van der Waals surface area contributed by atoms with Gasteiger partial charge in [0.25, 0.3) is 0 Å². The summed E-state index contributed by atoms with van der Waals surface area (Å²) in [4.78, 5) is 0. The average molecular weight is 205 g/mol. The Labute approximate surface area is 90.5 Å². The Balaban J connectivity index is 2.94. The lowest BCUT2D eigenvalue weighted by Crippen LogP contribution is -2.09. The minimum Gasteiger partial charge on any atom is -0.207 e. The molecule has 15 heavy (non-hydrogen) atoms. The second-order valence-corrected chi connectivity index (χ2v) is 3.89. The molecule has 0 aromatic heterocycles. The summed E-state index contributed by atoms with van der Waals surface area (Å²) in [5.74, 6) is -0.393. The van der Waals surface area contributed by atoms with Crippen LogP contribution in [0.1, 0.15) is 38.2 Å². The lowest BCUT2D eigenvalue weighted by Gasteiger charge is -2.17. The standard InChI is InChI=1S/C13H16FN/c1-3-6-10(2)12(9-15)11-7-4-5-8-13(11)14/h4-5,7-8,10,12H,3,6H2,1-2H3. The Morgan fingerprint density at radius 3 is 2.60 bits per heavy atom. The van der Waals surface area contributed by atoms with E-state index in [1.807, 2.05) is 6.92 Å². The number of halogens is 1. The number of nitrogens with zero attached hydrogens (tertiary/aromatic N) is 1. The van der Waals surface area contributed by atoms with Gasteiger partial charge in [0.15, 0.2) is 0 Å². The van der Waals surface area contributed by atoms with Gasteiger partial charge in [-0.15, -0.1) is 0 Å². The number of hydrogen-bond donors (Lipinski definition) is 0. The molecule has 0 saturated heterocycles. The van der Waals surface area contributed by atoms with Crippen LogP contribution in [-0.2, 0) is 0 Å². The van der Waals surface area contributed by atoms with Crippen LogP contribution >= 0.6 is 0 Å². The van der Waals surface area contributed by atoms with E-state index in [2.05, 4.69) is 13.0 Å². The van der Waals surface area contributed by atoms with E-state index in [4.69, 9.17) is 5.26 Å². The molecule has 2 heteroatoms. The third kappa shape index (κ3) is 2.79. The molecule has 0 fully saturated rings. The Hall–Kier alpha value is -1.36. The van der Waals surface area contributed by atoms with Crippen LogP contribution in [0.4, 0.5) is 4.39 Å². The van der Waals surface area contributed by atoms with E-state index in [1.54, 1.807) is 18.2 Å². The second kappa shape index (κ2) is 5.50. The molecule has 0 aliphatic rings. The van der Waals surface area contributed by atoms with Crippen LogP contribution in [-0.4, -0.2) is 0 Å². The molecule has 0 spiro atoms. The summed E-state index contributed by atoms with van der Waals surface area (Å²) in [6.45, 7) is 4.08. The van der Waals surface area contributed by atoms with E-state index in [0.29, 0.717) is 5.56 Å². The van der Waals surface area contributed by atoms with Crippen molar-refractivity contribution < 1.29 is 4.39 Å². The molecular weight excluding hydrogens is 189 g/mol. The molecular formula is C13H16FN. The van der Waals surface area contributed by atoms with Gasteiger partial charge in [-0.1, -0.05) is 38.5 Å². The molecule has 0 amide bonds. The van der Waals surface area contributed by atoms with Crippen molar-refractivity contribution in [2.75, 3.05) is 0 Å². The predicted molar refractivity (Wildman–Crippen MR) is 58.8 cm³/mol. The molecule has 0 aliphatic heterocycles. The normalized spacial score (nSPS) is 14.3. The van der Waals surface area contributed by atoms with Crippen molar-refractivity contribution in [2.45, 2.75) is 32.6 Å². The fourth-order valence-corrected chi connectivity index (χ4v) is 1.85. The molecule has 2 unspecified atom stereocenters. The molecule has 0 N–H and O–H groups in total. The summed E-state index contributed by atoms with van der Waals surface area (Å²) < 4.78 is 13.5. The first kappa shape index (κ1) is 11.7. The molecule has 0 saturated carbocycles. The molecule has 1 rings (SSSR count). The summed E-state index contributed by atoms with van der Waals surface area (Å²) in [6.07, 6.45) is 1.97. The van der Waals surface area contributed by atoms with Gasteiger partial charge < -0.3 is 0 Å². The summed E-state index contributed by atoms with van der Waals surface area (Å²) in [6, 6.07) is 8.75. The fourth-order valence-electron chi connectivity index (χ4n) is 1.85. The largest absolute Gasteiger partial charge is 0.207 e. The Morgan fingerprint density at radius 2 is 2.07 bits per heavy atom. The predicted octanol–water partition coefficient (Wildman–Crippen LogP) is 3.87. The smallest absolute Gasteiger partial charge is 0.127 e. The van der Waals surface area contributed by atoms with Gasteiger partial charge in [0.1, 0.15) is 5.82 Å². The first-order valence-electron chi connectivity index (χ1n) is 5.34. The first-order chi connectivity index (χ1) is 7.20. The van der Waals surface area contributed by atoms with Crippen molar-refractivity contribution in [3.63, 3.8) is 0 Å². The van der Waals surface area contributed by atoms with E-state index >= 15 is 0 Å². The highest BCUT2D eigenvalue weighted by molar-refractivity contribution is 5.27. The highest BCUT2D eigenvalue weighted by Gasteiger charge is 2.20. The SMILES string of the molecule is CCCC(C)C(C#N)c1ccccc1F. The van der Waals surface area contributed by atoms with Gasteiger partial charge in [-0.05, 0) is 18.4 Å². The number of nitriles is 1. The van der Waals surface area contributed by atoms with E-state index in [0.717, 1.165) is 12.8 Å². The van der Waals surface area contributed by atoms with Gasteiger partial charge in [0, 0.05) is 5.56 Å². The van der Waals surface area contributed by atoms with Gasteiger partial charge in [0.05, 0.1) is 12.0 Å². The Kier molecular flexibility index (Phi) is 4.30. The molecule has 80 valence electrons. The van der Waals surface area contributed by atoms with Crippen LogP contribution in [0, 0.1) is 23.1 Å². The van der Waals surface area contributed by atoms with Gasteiger partial charge in [0.2, 0.25) is 0 Å². The van der Waals surface area contributed by atoms with Crippen molar-refractivity contribution in [3.05, 3.63) is 35.6 Å². The summed E-state index contributed by atoms with van der Waals surface area (Å²) in [5, 5.41) is 9.08. The topological polar surface area (TPSA) is 23.8 Å². The molecule has 0 aliphatic carbocycles. The molecule has 1 aromatic carbocycles. The molecule has 0 radical (unpaired) electrons. The van der Waals surface area contributed by atoms with Crippen LogP contribution in [0.25, 0.3) is 0 Å². The van der Waals surface area contributed by atoms with Gasteiger partial charge in [-0.2, -0.15) is 5.26 Å². The third-order valence-electron chi connectivity index (χ3n) is 2.69. The van der Waals surface area contributed by atoms with E-state index in [1.165, 1.54) is 6.07 Å². The zero-order chi connectivity index (χ0) is 11.3. The fraction of sp³-hybridized carbons (Fsp3) is 0.462. The van der Waals surface area contributed by atoms with Gasteiger partial charge in [-0.3, -0.25) is 0 Å². The lowest BCUT2D eigenvalue weighted by molar-refractivity contribution is 0.467. The van der Waals surface area contributed by atoms with E-state index in [-0.39, 0.29) is 17.7 Å². The van der Waals surface area contributed by atoms with Crippen LogP contribution in [0.15, 0.2) is 24.3 Å². The maximum atomic E-state index is 13.5. The highest BCUT2D eigenvalue weighted by Crippen LogP contribution is 2.28. The monoisotopic (exact) mass is 205 g/mol. The second-order valence-electron chi connectivity index (χ2n) is 3.89. The summed E-state index contributed by atoms with van der Waals surface area (Å²) in [5.41, 5.74) is 0.529. The maximum Gasteiger partial charge on any atom is 0.127 e. The number of rotatable bonds is 4. The Bertz CT molecular complexity index is 354. The van der Waals surface area contributed by atoms with Crippen molar-refractivity contribution in [3.8, 4) is 6.07 Å². The maximum absolute atomic E-state index is 13.5. The molecule has 0 heterocycles. The number of benzene rings is 1. The molecule has 2 atom stereocenters. The molecule has 0 bridgehead atoms. The van der Waals surface area contributed by atoms with Crippen molar-refractivity contribution in [2.24, 2.45) is 5.92 Å². The van der Waals surface area contributed by atoms with Gasteiger partial charge >= 0.3 is 0 Å². The summed E-state index contributed by atoms with van der Waals surface area (Å²) in [7, 11) is 0. The third-order valence-corrected chi connectivity index (χ3v) is 2.69. The van der Waals surface area contributed by atoms with Crippen LogP contribution in [0.2, 0.25) is 0 Å². The van der Waals surface area contributed by atoms with E-state index < -0.39 is 0 Å². The zero-order valence-corrected chi connectivity index (χ0v) is 9.20. The van der Waals surface area contributed by atoms with E-state index in [9.17, 15) is 4.39 Å². The van der Waals surface area contributed by atoms with Crippen LogP contribution in [0.5, 0.6) is 0 Å². The minimum atomic E-state index is -0.328. The first-order valence-corrected chi connectivity index (χ1v) is 5.34. The van der Waals surface area contributed by atoms with Crippen LogP contribution in [0.3, 0.4) is 0 Å². The van der Waals surface area contributed by atoms with Crippen molar-refractivity contribution in [1.82, 2.24) is 0 Å².